The average molecular weight is 601 g/mol. The Labute approximate surface area is 253 Å². The van der Waals surface area contributed by atoms with E-state index in [2.05, 4.69) is 39.2 Å². The van der Waals surface area contributed by atoms with Gasteiger partial charge in [0.2, 0.25) is 0 Å². The first kappa shape index (κ1) is 35.5. The smallest absolute Gasteiger partial charge is 0.330 e. The topological polar surface area (TPSA) is 130 Å². The first-order chi connectivity index (χ1) is 20.5. The van der Waals surface area contributed by atoms with Crippen molar-refractivity contribution in [2.75, 3.05) is 46.2 Å². The maximum Gasteiger partial charge on any atom is 0.330 e. The molecule has 1 aromatic rings. The molecule has 0 bridgehead atoms. The van der Waals surface area contributed by atoms with Gasteiger partial charge >= 0.3 is 11.9 Å². The Hall–Kier alpha value is -3.70. The Morgan fingerprint density at radius 2 is 1.49 bits per heavy atom. The van der Waals surface area contributed by atoms with E-state index in [1.165, 1.54) is 0 Å². The lowest BCUT2D eigenvalue weighted by molar-refractivity contribution is -0.143. The van der Waals surface area contributed by atoms with Gasteiger partial charge in [-0.3, -0.25) is 0 Å². The quantitative estimate of drug-likeness (QED) is 0.130. The molecule has 236 valence electrons. The number of ether oxygens (including phenoxy) is 6. The molecule has 0 radical (unpaired) electrons. The predicted octanol–water partition coefficient (Wildman–Crippen LogP) is 3.73. The van der Waals surface area contributed by atoms with E-state index in [9.17, 15) is 19.8 Å². The van der Waals surface area contributed by atoms with Crippen LogP contribution in [0.2, 0.25) is 0 Å². The number of aliphatic hydroxyl groups excluding tert-OH is 2. The van der Waals surface area contributed by atoms with Crippen LogP contribution in [0.4, 0.5) is 0 Å². The van der Waals surface area contributed by atoms with E-state index >= 15 is 0 Å². The molecule has 10 nitrogen and oxygen atoms in total. The number of rotatable bonds is 20. The summed E-state index contributed by atoms with van der Waals surface area (Å²) < 4.78 is 32.2. The minimum Gasteiger partial charge on any atom is -0.491 e. The summed E-state index contributed by atoms with van der Waals surface area (Å²) in [5, 5.41) is 19.6. The Balaban J connectivity index is 1.75. The molecule has 2 rings (SSSR count). The molecule has 2 N–H and O–H groups in total. The third kappa shape index (κ3) is 13.4. The van der Waals surface area contributed by atoms with Crippen LogP contribution in [0.25, 0.3) is 0 Å². The molecular formula is C33H44O10. The lowest BCUT2D eigenvalue weighted by Gasteiger charge is -2.27. The van der Waals surface area contributed by atoms with Crippen molar-refractivity contribution in [3.63, 3.8) is 0 Å². The fourth-order valence-electron chi connectivity index (χ4n) is 3.86. The van der Waals surface area contributed by atoms with E-state index in [1.807, 2.05) is 43.3 Å². The summed E-state index contributed by atoms with van der Waals surface area (Å²) in [4.78, 5) is 22.1. The molecule has 3 unspecified atom stereocenters. The van der Waals surface area contributed by atoms with E-state index in [0.717, 1.165) is 29.0 Å². The Morgan fingerprint density at radius 1 is 0.860 bits per heavy atom. The molecule has 10 heteroatoms. The number of allylic oxidation sites excluding steroid dienone is 5. The third-order valence-electron chi connectivity index (χ3n) is 6.42. The zero-order valence-electron chi connectivity index (χ0n) is 25.2. The molecule has 0 saturated carbocycles. The van der Waals surface area contributed by atoms with E-state index < -0.39 is 24.1 Å². The monoisotopic (exact) mass is 600 g/mol. The van der Waals surface area contributed by atoms with Gasteiger partial charge < -0.3 is 38.6 Å². The summed E-state index contributed by atoms with van der Waals surface area (Å²) in [6.45, 7) is 13.4. The van der Waals surface area contributed by atoms with Crippen LogP contribution in [-0.2, 0) is 38.7 Å². The SMILES string of the molecule is C=CC(=O)OCC(O)COCCOc1ccc(C(C)(C)C2=CCC=C(OCC(C)OCC(O)COC(=O)C=C)C=C2)cc1. The van der Waals surface area contributed by atoms with Gasteiger partial charge in [-0.2, -0.15) is 0 Å². The second kappa shape index (κ2) is 18.8. The van der Waals surface area contributed by atoms with Crippen molar-refractivity contribution < 1.29 is 48.2 Å². The highest BCUT2D eigenvalue weighted by molar-refractivity contribution is 5.81. The van der Waals surface area contributed by atoms with Crippen LogP contribution in [0.3, 0.4) is 0 Å². The normalized spacial score (nSPS) is 15.2. The third-order valence-corrected chi connectivity index (χ3v) is 6.42. The summed E-state index contributed by atoms with van der Waals surface area (Å²) in [5.74, 6) is 0.247. The lowest BCUT2D eigenvalue weighted by atomic mass is 9.77. The van der Waals surface area contributed by atoms with Gasteiger partial charge in [-0.15, -0.1) is 0 Å². The predicted molar refractivity (Wildman–Crippen MR) is 161 cm³/mol. The maximum atomic E-state index is 11.1. The fourth-order valence-corrected chi connectivity index (χ4v) is 3.86. The zero-order chi connectivity index (χ0) is 31.7. The maximum absolute atomic E-state index is 11.1. The molecule has 3 atom stereocenters. The standard InChI is InChI=1S/C33H44O10/c1-6-31(36)42-22-27(34)20-38-17-18-39-30-15-12-26(13-16-30)33(4,5)25-9-8-10-29(14-11-25)41-19-24(3)40-21-28(35)23-43-32(37)7-2/h6-7,9-16,24,27-28,34-35H,1-2,8,17-23H2,3-5H3. The van der Waals surface area contributed by atoms with Gasteiger partial charge in [0.15, 0.2) is 0 Å². The summed E-state index contributed by atoms with van der Waals surface area (Å²) in [6, 6.07) is 7.89. The summed E-state index contributed by atoms with van der Waals surface area (Å²) in [5.41, 5.74) is 1.99. The number of benzene rings is 1. The van der Waals surface area contributed by atoms with Crippen LogP contribution in [0.5, 0.6) is 5.75 Å². The Morgan fingerprint density at radius 3 is 2.12 bits per heavy atom. The van der Waals surface area contributed by atoms with Crippen LogP contribution in [0.15, 0.2) is 85.2 Å². The highest BCUT2D eigenvalue weighted by Crippen LogP contribution is 2.34. The van der Waals surface area contributed by atoms with E-state index in [-0.39, 0.29) is 44.6 Å². The van der Waals surface area contributed by atoms with Crippen LogP contribution in [0.1, 0.15) is 32.8 Å². The Bertz CT molecular complexity index is 1130. The Kier molecular flexibility index (Phi) is 15.5. The second-order valence-electron chi connectivity index (χ2n) is 10.3. The first-order valence-electron chi connectivity index (χ1n) is 14.1. The minimum atomic E-state index is -0.930. The highest BCUT2D eigenvalue weighted by atomic mass is 16.6. The van der Waals surface area contributed by atoms with E-state index in [4.69, 9.17) is 28.4 Å². The molecule has 0 aliphatic heterocycles. The highest BCUT2D eigenvalue weighted by Gasteiger charge is 2.24. The van der Waals surface area contributed by atoms with Gasteiger partial charge in [0.25, 0.3) is 0 Å². The fraction of sp³-hybridized carbons (Fsp3) is 0.455. The molecule has 43 heavy (non-hydrogen) atoms. The van der Waals surface area contributed by atoms with Crippen molar-refractivity contribution in [1.82, 2.24) is 0 Å². The molecule has 0 amide bonds. The molecule has 0 fully saturated rings. The van der Waals surface area contributed by atoms with Gasteiger partial charge in [-0.1, -0.05) is 51.3 Å². The second-order valence-corrected chi connectivity index (χ2v) is 10.3. The molecular weight excluding hydrogens is 556 g/mol. The summed E-state index contributed by atoms with van der Waals surface area (Å²) >= 11 is 0. The van der Waals surface area contributed by atoms with Gasteiger partial charge in [0.05, 0.1) is 25.9 Å². The van der Waals surface area contributed by atoms with Gasteiger partial charge in [0.1, 0.15) is 50.1 Å². The van der Waals surface area contributed by atoms with Gasteiger partial charge in [-0.05, 0) is 48.8 Å². The zero-order valence-corrected chi connectivity index (χ0v) is 25.2. The molecule has 1 aromatic carbocycles. The largest absolute Gasteiger partial charge is 0.491 e. The van der Waals surface area contributed by atoms with Crippen LogP contribution < -0.4 is 4.74 Å². The molecule has 0 spiro atoms. The van der Waals surface area contributed by atoms with Crippen molar-refractivity contribution in [2.45, 2.75) is 50.9 Å². The first-order valence-corrected chi connectivity index (χ1v) is 14.1. The molecule has 0 saturated heterocycles. The van der Waals surface area contributed by atoms with Crippen molar-refractivity contribution >= 4 is 11.9 Å². The summed E-state index contributed by atoms with van der Waals surface area (Å²) in [6.07, 6.45) is 8.82. The van der Waals surface area contributed by atoms with Crippen molar-refractivity contribution in [3.05, 3.63) is 90.8 Å². The molecule has 0 heterocycles. The van der Waals surface area contributed by atoms with Crippen LogP contribution >= 0.6 is 0 Å². The van der Waals surface area contributed by atoms with Gasteiger partial charge in [0, 0.05) is 17.6 Å². The molecule has 1 aliphatic carbocycles. The van der Waals surface area contributed by atoms with Crippen LogP contribution in [-0.4, -0.2) is 86.7 Å². The van der Waals surface area contributed by atoms with E-state index in [0.29, 0.717) is 25.4 Å². The number of carbonyl (C=O) groups is 2. The average Bonchev–Trinajstić information content (AvgIpc) is 3.26. The molecule has 1 aliphatic rings. The number of esters is 2. The van der Waals surface area contributed by atoms with E-state index in [1.54, 1.807) is 0 Å². The lowest BCUT2D eigenvalue weighted by Crippen LogP contribution is -2.27. The van der Waals surface area contributed by atoms with Crippen molar-refractivity contribution in [2.24, 2.45) is 0 Å². The van der Waals surface area contributed by atoms with Gasteiger partial charge in [-0.25, -0.2) is 9.59 Å². The number of hydrogen-bond donors (Lipinski definition) is 2. The summed E-state index contributed by atoms with van der Waals surface area (Å²) in [7, 11) is 0. The number of carbonyl (C=O) groups excluding carboxylic acids is 2. The van der Waals surface area contributed by atoms with Crippen molar-refractivity contribution in [1.29, 1.82) is 0 Å². The molecule has 0 aromatic heterocycles. The van der Waals surface area contributed by atoms with Crippen molar-refractivity contribution in [3.8, 4) is 5.75 Å². The van der Waals surface area contributed by atoms with Crippen LogP contribution in [0, 0.1) is 0 Å². The number of hydrogen-bond acceptors (Lipinski definition) is 10. The minimum absolute atomic E-state index is 0.0159. The number of aliphatic hydroxyl groups is 2.